The highest BCUT2D eigenvalue weighted by atomic mass is 16.5. The Morgan fingerprint density at radius 3 is 2.82 bits per heavy atom. The molecule has 2 aliphatic rings. The van der Waals surface area contributed by atoms with E-state index in [2.05, 4.69) is 51.4 Å². The van der Waals surface area contributed by atoms with Crippen LogP contribution in [0.3, 0.4) is 0 Å². The van der Waals surface area contributed by atoms with E-state index < -0.39 is 0 Å². The Bertz CT molecular complexity index is 1040. The molecule has 3 N–H and O–H groups in total. The molecule has 0 aliphatic carbocycles. The van der Waals surface area contributed by atoms with Crippen LogP contribution in [0.2, 0.25) is 0 Å². The van der Waals surface area contributed by atoms with E-state index in [0.29, 0.717) is 0 Å². The third-order valence-electron chi connectivity index (χ3n) is 5.63. The maximum absolute atomic E-state index is 12.2. The zero-order chi connectivity index (χ0) is 18.9. The second kappa shape index (κ2) is 7.39. The molecule has 0 saturated carbocycles. The molecule has 0 spiro atoms. The first-order valence-corrected chi connectivity index (χ1v) is 9.85. The van der Waals surface area contributed by atoms with Crippen LogP contribution in [-0.2, 0) is 11.3 Å². The number of nitrogens with one attached hydrogen (secondary N) is 3. The maximum Gasteiger partial charge on any atom is 0.270 e. The highest BCUT2D eigenvalue weighted by Crippen LogP contribution is 2.36. The highest BCUT2D eigenvalue weighted by molar-refractivity contribution is 6.21. The summed E-state index contributed by atoms with van der Waals surface area (Å²) in [6, 6.07) is 14.6. The molecule has 3 aromatic rings. The molecule has 144 valence electrons. The predicted octanol–water partition coefficient (Wildman–Crippen LogP) is 2.49. The fraction of sp³-hybridized carbons (Fsp3) is 0.318. The van der Waals surface area contributed by atoms with Crippen molar-refractivity contribution in [3.8, 4) is 0 Å². The average molecular weight is 376 g/mol. The van der Waals surface area contributed by atoms with Crippen LogP contribution in [0.1, 0.15) is 15.9 Å². The van der Waals surface area contributed by atoms with Gasteiger partial charge in [0.05, 0.1) is 24.5 Å². The lowest BCUT2D eigenvalue weighted by atomic mass is 9.95. The Morgan fingerprint density at radius 1 is 1.04 bits per heavy atom. The fourth-order valence-electron chi connectivity index (χ4n) is 4.13. The predicted molar refractivity (Wildman–Crippen MR) is 112 cm³/mol. The van der Waals surface area contributed by atoms with Crippen molar-refractivity contribution in [2.24, 2.45) is 0 Å². The van der Waals surface area contributed by atoms with Gasteiger partial charge in [-0.25, -0.2) is 0 Å². The second-order valence-corrected chi connectivity index (χ2v) is 7.42. The summed E-state index contributed by atoms with van der Waals surface area (Å²) in [4.78, 5) is 14.6. The van der Waals surface area contributed by atoms with Crippen LogP contribution >= 0.6 is 0 Å². The number of hydrogen-bond donors (Lipinski definition) is 3. The van der Waals surface area contributed by atoms with Crippen molar-refractivity contribution < 1.29 is 9.53 Å². The number of nitrogens with zero attached hydrogens (tertiary/aromatic N) is 1. The standard InChI is InChI=1S/C22H24N4O2/c27-22-18-3-1-2-17-13-16-5-4-15(12-19(16)21(20(17)18)24-25-22)14-23-6-7-26-8-10-28-11-9-26/h1-5,12-13,23-24H,6-11,14H2,(H,25,27). The summed E-state index contributed by atoms with van der Waals surface area (Å²) >= 11 is 0. The Hall–Kier alpha value is -2.67. The Kier molecular flexibility index (Phi) is 4.60. The number of rotatable bonds is 5. The molecule has 3 aromatic carbocycles. The van der Waals surface area contributed by atoms with E-state index in [9.17, 15) is 4.79 Å². The largest absolute Gasteiger partial charge is 0.379 e. The lowest BCUT2D eigenvalue weighted by Crippen LogP contribution is -2.40. The molecule has 0 aromatic heterocycles. The molecule has 0 bridgehead atoms. The van der Waals surface area contributed by atoms with E-state index in [1.807, 2.05) is 12.1 Å². The van der Waals surface area contributed by atoms with Gasteiger partial charge in [0.25, 0.3) is 5.91 Å². The number of amides is 1. The minimum absolute atomic E-state index is 0.0848. The zero-order valence-electron chi connectivity index (χ0n) is 15.8. The summed E-state index contributed by atoms with van der Waals surface area (Å²) in [6.45, 7) is 6.55. The van der Waals surface area contributed by atoms with Gasteiger partial charge in [0, 0.05) is 43.5 Å². The molecular weight excluding hydrogens is 352 g/mol. The van der Waals surface area contributed by atoms with Gasteiger partial charge in [0.1, 0.15) is 0 Å². The molecule has 6 heteroatoms. The van der Waals surface area contributed by atoms with Gasteiger partial charge in [-0.05, 0) is 34.5 Å². The van der Waals surface area contributed by atoms with E-state index in [1.165, 1.54) is 10.9 Å². The first-order chi connectivity index (χ1) is 13.8. The van der Waals surface area contributed by atoms with Crippen molar-refractivity contribution in [1.29, 1.82) is 0 Å². The quantitative estimate of drug-likeness (QED) is 0.472. The molecule has 0 atom stereocenters. The number of anilines is 1. The second-order valence-electron chi connectivity index (χ2n) is 7.42. The third-order valence-corrected chi connectivity index (χ3v) is 5.63. The minimum Gasteiger partial charge on any atom is -0.379 e. The number of hydrazine groups is 1. The summed E-state index contributed by atoms with van der Waals surface area (Å²) in [5, 5.41) is 7.93. The van der Waals surface area contributed by atoms with Crippen LogP contribution in [-0.4, -0.2) is 50.2 Å². The number of morpholine rings is 1. The summed E-state index contributed by atoms with van der Waals surface area (Å²) in [5.74, 6) is -0.0848. The van der Waals surface area contributed by atoms with Crippen LogP contribution in [0.15, 0.2) is 42.5 Å². The number of carbonyl (C=O) groups is 1. The molecule has 28 heavy (non-hydrogen) atoms. The summed E-state index contributed by atoms with van der Waals surface area (Å²) < 4.78 is 5.39. The number of benzene rings is 3. The smallest absolute Gasteiger partial charge is 0.270 e. The topological polar surface area (TPSA) is 65.6 Å². The maximum atomic E-state index is 12.2. The summed E-state index contributed by atoms with van der Waals surface area (Å²) in [5.41, 5.74) is 8.84. The lowest BCUT2D eigenvalue weighted by molar-refractivity contribution is 0.0384. The van der Waals surface area contributed by atoms with E-state index in [4.69, 9.17) is 4.74 Å². The molecule has 5 rings (SSSR count). The normalized spacial score (nSPS) is 16.9. The van der Waals surface area contributed by atoms with Crippen molar-refractivity contribution in [3.05, 3.63) is 53.6 Å². The molecule has 1 saturated heterocycles. The Labute approximate surface area is 163 Å². The molecule has 6 nitrogen and oxygen atoms in total. The Balaban J connectivity index is 1.38. The van der Waals surface area contributed by atoms with E-state index in [0.717, 1.165) is 73.3 Å². The molecule has 2 aliphatic heterocycles. The average Bonchev–Trinajstić information content (AvgIpc) is 2.74. The van der Waals surface area contributed by atoms with Gasteiger partial charge < -0.3 is 10.1 Å². The van der Waals surface area contributed by atoms with Gasteiger partial charge in [-0.2, -0.15) is 0 Å². The SMILES string of the molecule is O=C1NNc2c3cc(CNCCN4CCOCC4)ccc3cc3cccc1c23. The number of fused-ring (bicyclic) bond motifs is 2. The van der Waals surface area contributed by atoms with Crippen LogP contribution < -0.4 is 16.2 Å². The molecule has 1 fully saturated rings. The monoisotopic (exact) mass is 376 g/mol. The van der Waals surface area contributed by atoms with Crippen molar-refractivity contribution in [2.75, 3.05) is 44.8 Å². The van der Waals surface area contributed by atoms with Crippen molar-refractivity contribution in [1.82, 2.24) is 15.6 Å². The van der Waals surface area contributed by atoms with Crippen molar-refractivity contribution in [2.45, 2.75) is 6.54 Å². The first kappa shape index (κ1) is 17.4. The highest BCUT2D eigenvalue weighted by Gasteiger charge is 2.20. The van der Waals surface area contributed by atoms with Gasteiger partial charge >= 0.3 is 0 Å². The van der Waals surface area contributed by atoms with Crippen LogP contribution in [0.25, 0.3) is 21.5 Å². The van der Waals surface area contributed by atoms with Crippen LogP contribution in [0.4, 0.5) is 5.69 Å². The Morgan fingerprint density at radius 2 is 1.93 bits per heavy atom. The summed E-state index contributed by atoms with van der Waals surface area (Å²) in [7, 11) is 0. The van der Waals surface area contributed by atoms with Crippen LogP contribution in [0, 0.1) is 0 Å². The minimum atomic E-state index is -0.0848. The molecule has 0 unspecified atom stereocenters. The third kappa shape index (κ3) is 3.20. The molecule has 0 radical (unpaired) electrons. The number of carbonyl (C=O) groups excluding carboxylic acids is 1. The van der Waals surface area contributed by atoms with Gasteiger partial charge in [0.2, 0.25) is 0 Å². The number of ether oxygens (including phenoxy) is 1. The van der Waals surface area contributed by atoms with Crippen molar-refractivity contribution >= 4 is 33.1 Å². The van der Waals surface area contributed by atoms with Gasteiger partial charge in [-0.3, -0.25) is 20.5 Å². The van der Waals surface area contributed by atoms with E-state index in [1.54, 1.807) is 0 Å². The van der Waals surface area contributed by atoms with Gasteiger partial charge in [0.15, 0.2) is 0 Å². The zero-order valence-corrected chi connectivity index (χ0v) is 15.8. The molecular formula is C22H24N4O2. The van der Waals surface area contributed by atoms with Gasteiger partial charge in [-0.15, -0.1) is 0 Å². The molecule has 1 amide bonds. The molecule has 2 heterocycles. The van der Waals surface area contributed by atoms with E-state index in [-0.39, 0.29) is 5.91 Å². The first-order valence-electron chi connectivity index (χ1n) is 9.85. The summed E-state index contributed by atoms with van der Waals surface area (Å²) in [6.07, 6.45) is 0. The fourth-order valence-corrected chi connectivity index (χ4v) is 4.13. The number of hydrogen-bond acceptors (Lipinski definition) is 5. The van der Waals surface area contributed by atoms with Crippen LogP contribution in [0.5, 0.6) is 0 Å². The van der Waals surface area contributed by atoms with Gasteiger partial charge in [-0.1, -0.05) is 24.3 Å². The van der Waals surface area contributed by atoms with E-state index >= 15 is 0 Å². The lowest BCUT2D eigenvalue weighted by Gasteiger charge is -2.26. The van der Waals surface area contributed by atoms with Crippen molar-refractivity contribution in [3.63, 3.8) is 0 Å².